The van der Waals surface area contributed by atoms with Crippen LogP contribution in [0.15, 0.2) is 0 Å². The fourth-order valence-electron chi connectivity index (χ4n) is 2.81. The molecule has 1 rings (SSSR count). The summed E-state index contributed by atoms with van der Waals surface area (Å²) in [5.74, 6) is 1.58. The predicted octanol–water partition coefficient (Wildman–Crippen LogP) is 2.76. The maximum Gasteiger partial charge on any atom is 0.0496 e. The molecule has 1 aliphatic rings. The SMILES string of the molecule is CCC(C)(CO)CN1CC(C)CC(C)C1C. The van der Waals surface area contributed by atoms with Gasteiger partial charge >= 0.3 is 0 Å². The Morgan fingerprint density at radius 2 is 1.94 bits per heavy atom. The highest BCUT2D eigenvalue weighted by Crippen LogP contribution is 2.31. The minimum Gasteiger partial charge on any atom is -0.396 e. The van der Waals surface area contributed by atoms with E-state index in [2.05, 4.69) is 39.5 Å². The summed E-state index contributed by atoms with van der Waals surface area (Å²) in [4.78, 5) is 2.58. The lowest BCUT2D eigenvalue weighted by Gasteiger charge is -2.44. The van der Waals surface area contributed by atoms with E-state index in [0.29, 0.717) is 12.6 Å². The van der Waals surface area contributed by atoms with Gasteiger partial charge in [-0.2, -0.15) is 0 Å². The van der Waals surface area contributed by atoms with Gasteiger partial charge in [-0.25, -0.2) is 0 Å². The molecule has 4 atom stereocenters. The van der Waals surface area contributed by atoms with Gasteiger partial charge in [0.25, 0.3) is 0 Å². The van der Waals surface area contributed by atoms with Crippen LogP contribution in [-0.2, 0) is 0 Å². The Morgan fingerprint density at radius 1 is 1.31 bits per heavy atom. The lowest BCUT2D eigenvalue weighted by Crippen LogP contribution is -2.50. The van der Waals surface area contributed by atoms with Crippen molar-refractivity contribution in [3.63, 3.8) is 0 Å². The van der Waals surface area contributed by atoms with Crippen molar-refractivity contribution < 1.29 is 5.11 Å². The largest absolute Gasteiger partial charge is 0.396 e. The van der Waals surface area contributed by atoms with Crippen molar-refractivity contribution >= 4 is 0 Å². The molecule has 0 bridgehead atoms. The molecule has 0 aromatic rings. The monoisotopic (exact) mass is 227 g/mol. The quantitative estimate of drug-likeness (QED) is 0.798. The van der Waals surface area contributed by atoms with Gasteiger partial charge in [-0.1, -0.05) is 27.7 Å². The summed E-state index contributed by atoms with van der Waals surface area (Å²) >= 11 is 0. The maximum atomic E-state index is 9.51. The molecule has 16 heavy (non-hydrogen) atoms. The average molecular weight is 227 g/mol. The van der Waals surface area contributed by atoms with Gasteiger partial charge in [-0.3, -0.25) is 4.90 Å². The standard InChI is InChI=1S/C14H29NO/c1-6-14(5,10-16)9-15-8-11(2)7-12(3)13(15)4/h11-13,16H,6-10H2,1-5H3. The first-order valence-corrected chi connectivity index (χ1v) is 6.76. The van der Waals surface area contributed by atoms with E-state index >= 15 is 0 Å². The van der Waals surface area contributed by atoms with E-state index in [0.717, 1.165) is 24.8 Å². The summed E-state index contributed by atoms with van der Waals surface area (Å²) in [5.41, 5.74) is 0.0744. The summed E-state index contributed by atoms with van der Waals surface area (Å²) in [7, 11) is 0. The van der Waals surface area contributed by atoms with Crippen molar-refractivity contribution in [3.8, 4) is 0 Å². The Balaban J connectivity index is 2.64. The number of aliphatic hydroxyl groups excluding tert-OH is 1. The van der Waals surface area contributed by atoms with Crippen molar-refractivity contribution in [2.24, 2.45) is 17.3 Å². The number of likely N-dealkylation sites (tertiary alicyclic amines) is 1. The first-order valence-electron chi connectivity index (χ1n) is 6.76. The molecule has 0 aromatic heterocycles. The minimum atomic E-state index is 0.0744. The van der Waals surface area contributed by atoms with Gasteiger partial charge in [0.1, 0.15) is 0 Å². The summed E-state index contributed by atoms with van der Waals surface area (Å²) in [6.07, 6.45) is 2.40. The van der Waals surface area contributed by atoms with Gasteiger partial charge in [-0.05, 0) is 31.6 Å². The summed E-state index contributed by atoms with van der Waals surface area (Å²) in [6, 6.07) is 0.661. The van der Waals surface area contributed by atoms with Crippen LogP contribution in [0.2, 0.25) is 0 Å². The number of hydrogen-bond acceptors (Lipinski definition) is 2. The molecule has 0 aromatic carbocycles. The summed E-state index contributed by atoms with van der Waals surface area (Å²) < 4.78 is 0. The summed E-state index contributed by atoms with van der Waals surface area (Å²) in [5, 5.41) is 9.51. The molecule has 2 nitrogen and oxygen atoms in total. The van der Waals surface area contributed by atoms with Crippen LogP contribution in [0.1, 0.15) is 47.5 Å². The number of aliphatic hydroxyl groups is 1. The fraction of sp³-hybridized carbons (Fsp3) is 1.00. The van der Waals surface area contributed by atoms with E-state index < -0.39 is 0 Å². The normalized spacial score (nSPS) is 36.0. The molecule has 0 radical (unpaired) electrons. The lowest BCUT2D eigenvalue weighted by molar-refractivity contribution is 0.0171. The van der Waals surface area contributed by atoms with Crippen LogP contribution in [0.25, 0.3) is 0 Å². The van der Waals surface area contributed by atoms with Gasteiger partial charge < -0.3 is 5.11 Å². The van der Waals surface area contributed by atoms with E-state index in [1.165, 1.54) is 13.0 Å². The first kappa shape index (κ1) is 14.0. The van der Waals surface area contributed by atoms with Crippen LogP contribution in [0, 0.1) is 17.3 Å². The van der Waals surface area contributed by atoms with Crippen molar-refractivity contribution in [2.75, 3.05) is 19.7 Å². The Hall–Kier alpha value is -0.0800. The molecular formula is C14H29NO. The van der Waals surface area contributed by atoms with Crippen LogP contribution in [0.5, 0.6) is 0 Å². The van der Waals surface area contributed by atoms with E-state index in [4.69, 9.17) is 0 Å². The van der Waals surface area contributed by atoms with Crippen LogP contribution in [-0.4, -0.2) is 35.7 Å². The smallest absolute Gasteiger partial charge is 0.0496 e. The highest BCUT2D eigenvalue weighted by Gasteiger charge is 2.33. The average Bonchev–Trinajstić information content (AvgIpc) is 2.25. The topological polar surface area (TPSA) is 23.5 Å². The van der Waals surface area contributed by atoms with Crippen LogP contribution in [0.4, 0.5) is 0 Å². The molecule has 1 fully saturated rings. The predicted molar refractivity (Wildman–Crippen MR) is 69.5 cm³/mol. The van der Waals surface area contributed by atoms with Crippen LogP contribution in [0.3, 0.4) is 0 Å². The van der Waals surface area contributed by atoms with Crippen molar-refractivity contribution in [2.45, 2.75) is 53.5 Å². The molecule has 0 saturated carbocycles. The number of rotatable bonds is 4. The maximum absolute atomic E-state index is 9.51. The first-order chi connectivity index (χ1) is 7.41. The van der Waals surface area contributed by atoms with Gasteiger partial charge in [0, 0.05) is 31.2 Å². The Kier molecular flexibility index (Phi) is 4.81. The molecular weight excluding hydrogens is 198 g/mol. The highest BCUT2D eigenvalue weighted by molar-refractivity contribution is 4.86. The van der Waals surface area contributed by atoms with Gasteiger partial charge in [0.15, 0.2) is 0 Å². The second-order valence-corrected chi connectivity index (χ2v) is 6.31. The van der Waals surface area contributed by atoms with Crippen LogP contribution >= 0.6 is 0 Å². The third kappa shape index (κ3) is 3.21. The molecule has 0 amide bonds. The molecule has 1 saturated heterocycles. The summed E-state index contributed by atoms with van der Waals surface area (Å²) in [6.45, 7) is 13.9. The Bertz CT molecular complexity index is 213. The van der Waals surface area contributed by atoms with E-state index in [-0.39, 0.29) is 5.41 Å². The zero-order valence-electron chi connectivity index (χ0n) is 11.7. The lowest BCUT2D eigenvalue weighted by atomic mass is 9.82. The van der Waals surface area contributed by atoms with Gasteiger partial charge in [-0.15, -0.1) is 0 Å². The van der Waals surface area contributed by atoms with Gasteiger partial charge in [0.05, 0.1) is 0 Å². The third-order valence-corrected chi connectivity index (χ3v) is 4.54. The Labute approximate surface area is 101 Å². The molecule has 4 unspecified atom stereocenters. The number of hydrogen-bond donors (Lipinski definition) is 1. The van der Waals surface area contributed by atoms with Crippen molar-refractivity contribution in [1.82, 2.24) is 4.90 Å². The second kappa shape index (κ2) is 5.50. The zero-order valence-corrected chi connectivity index (χ0v) is 11.7. The minimum absolute atomic E-state index is 0.0744. The van der Waals surface area contributed by atoms with Crippen molar-refractivity contribution in [3.05, 3.63) is 0 Å². The zero-order chi connectivity index (χ0) is 12.3. The van der Waals surface area contributed by atoms with E-state index in [1.807, 2.05) is 0 Å². The molecule has 1 aliphatic heterocycles. The fourth-order valence-corrected chi connectivity index (χ4v) is 2.81. The molecule has 1 heterocycles. The molecule has 96 valence electrons. The molecule has 0 spiro atoms. The van der Waals surface area contributed by atoms with E-state index in [9.17, 15) is 5.11 Å². The van der Waals surface area contributed by atoms with Crippen molar-refractivity contribution in [1.29, 1.82) is 0 Å². The van der Waals surface area contributed by atoms with Gasteiger partial charge in [0.2, 0.25) is 0 Å². The third-order valence-electron chi connectivity index (χ3n) is 4.54. The Morgan fingerprint density at radius 3 is 2.44 bits per heavy atom. The van der Waals surface area contributed by atoms with E-state index in [1.54, 1.807) is 0 Å². The highest BCUT2D eigenvalue weighted by atomic mass is 16.3. The number of piperidine rings is 1. The molecule has 0 aliphatic carbocycles. The van der Waals surface area contributed by atoms with Crippen LogP contribution < -0.4 is 0 Å². The molecule has 2 heteroatoms. The second-order valence-electron chi connectivity index (χ2n) is 6.31. The number of nitrogens with zero attached hydrogens (tertiary/aromatic N) is 1. The molecule has 1 N–H and O–H groups in total.